The van der Waals surface area contributed by atoms with Crippen molar-refractivity contribution in [1.29, 1.82) is 0 Å². The molecule has 2 N–H and O–H groups in total. The Hall–Kier alpha value is -0.970. The molecule has 1 aromatic heterocycles. The zero-order valence-electron chi connectivity index (χ0n) is 10.3. The lowest BCUT2D eigenvalue weighted by atomic mass is 9.99. The van der Waals surface area contributed by atoms with Gasteiger partial charge >= 0.3 is 0 Å². The molecule has 2 nitrogen and oxygen atoms in total. The highest BCUT2D eigenvalue weighted by molar-refractivity contribution is 7.11. The Morgan fingerprint density at radius 2 is 2.32 bits per heavy atom. The van der Waals surface area contributed by atoms with Gasteiger partial charge in [-0.3, -0.25) is 0 Å². The molecule has 1 aliphatic rings. The summed E-state index contributed by atoms with van der Waals surface area (Å²) in [7, 11) is 0. The number of thiazole rings is 1. The summed E-state index contributed by atoms with van der Waals surface area (Å²) in [5.74, 6) is -0.311. The lowest BCUT2D eigenvalue weighted by Gasteiger charge is -2.15. The number of rotatable bonds is 2. The maximum absolute atomic E-state index is 13.0. The predicted molar refractivity (Wildman–Crippen MR) is 76.2 cm³/mol. The van der Waals surface area contributed by atoms with Crippen LogP contribution in [0.15, 0.2) is 18.2 Å². The zero-order valence-corrected chi connectivity index (χ0v) is 11.9. The van der Waals surface area contributed by atoms with Crippen molar-refractivity contribution in [3.8, 4) is 0 Å². The second kappa shape index (κ2) is 5.19. The van der Waals surface area contributed by atoms with Gasteiger partial charge < -0.3 is 5.73 Å². The average molecular weight is 297 g/mol. The van der Waals surface area contributed by atoms with E-state index >= 15 is 0 Å². The van der Waals surface area contributed by atoms with Crippen molar-refractivity contribution in [1.82, 2.24) is 4.98 Å². The standard InChI is InChI=1S/C14H14ClFN2S/c15-10-7-9(16)5-4-8(10)6-13-18-14-11(17)2-1-3-12(14)19-13/h4-5,7,11H,1-3,6,17H2. The third kappa shape index (κ3) is 2.66. The first-order valence-corrected chi connectivity index (χ1v) is 7.51. The molecular formula is C14H14ClFN2S. The molecule has 5 heteroatoms. The number of halogens is 2. The number of aryl methyl sites for hydroxylation is 1. The Morgan fingerprint density at radius 1 is 1.47 bits per heavy atom. The minimum Gasteiger partial charge on any atom is -0.323 e. The van der Waals surface area contributed by atoms with Crippen LogP contribution >= 0.6 is 22.9 Å². The van der Waals surface area contributed by atoms with Crippen LogP contribution in [0, 0.1) is 5.82 Å². The van der Waals surface area contributed by atoms with E-state index in [1.54, 1.807) is 17.4 Å². The molecule has 0 bridgehead atoms. The molecule has 19 heavy (non-hydrogen) atoms. The fourth-order valence-electron chi connectivity index (χ4n) is 2.41. The van der Waals surface area contributed by atoms with E-state index in [1.165, 1.54) is 17.0 Å². The van der Waals surface area contributed by atoms with Gasteiger partial charge in [-0.1, -0.05) is 17.7 Å². The Labute approximate surface area is 120 Å². The maximum Gasteiger partial charge on any atom is 0.124 e. The van der Waals surface area contributed by atoms with E-state index in [0.717, 1.165) is 35.5 Å². The van der Waals surface area contributed by atoms with Gasteiger partial charge in [0.15, 0.2) is 0 Å². The molecule has 0 fully saturated rings. The summed E-state index contributed by atoms with van der Waals surface area (Å²) in [5, 5.41) is 1.47. The van der Waals surface area contributed by atoms with Crippen molar-refractivity contribution in [2.45, 2.75) is 31.7 Å². The van der Waals surface area contributed by atoms with E-state index in [4.69, 9.17) is 17.3 Å². The van der Waals surface area contributed by atoms with E-state index in [1.807, 2.05) is 0 Å². The normalized spacial score (nSPS) is 18.4. The highest BCUT2D eigenvalue weighted by Crippen LogP contribution is 2.33. The number of aromatic nitrogens is 1. The number of benzene rings is 1. The van der Waals surface area contributed by atoms with Gasteiger partial charge in [0, 0.05) is 22.4 Å². The number of nitrogens with zero attached hydrogens (tertiary/aromatic N) is 1. The number of hydrogen-bond acceptors (Lipinski definition) is 3. The first-order valence-electron chi connectivity index (χ1n) is 6.31. The molecule has 3 rings (SSSR count). The molecule has 100 valence electrons. The molecule has 1 heterocycles. The number of hydrogen-bond donors (Lipinski definition) is 1. The second-order valence-electron chi connectivity index (χ2n) is 4.83. The zero-order chi connectivity index (χ0) is 13.4. The molecule has 1 aromatic carbocycles. The second-order valence-corrected chi connectivity index (χ2v) is 6.40. The summed E-state index contributed by atoms with van der Waals surface area (Å²) in [6, 6.07) is 4.56. The van der Waals surface area contributed by atoms with E-state index < -0.39 is 0 Å². The van der Waals surface area contributed by atoms with Gasteiger partial charge in [-0.05, 0) is 37.0 Å². The quantitative estimate of drug-likeness (QED) is 0.914. The molecule has 0 saturated carbocycles. The van der Waals surface area contributed by atoms with Crippen molar-refractivity contribution in [3.63, 3.8) is 0 Å². The van der Waals surface area contributed by atoms with Gasteiger partial charge in [0.2, 0.25) is 0 Å². The van der Waals surface area contributed by atoms with E-state index in [2.05, 4.69) is 4.98 Å². The van der Waals surface area contributed by atoms with Gasteiger partial charge in [-0.15, -0.1) is 11.3 Å². The van der Waals surface area contributed by atoms with Crippen LogP contribution in [-0.2, 0) is 12.8 Å². The minimum atomic E-state index is -0.311. The number of fused-ring (bicyclic) bond motifs is 1. The van der Waals surface area contributed by atoms with Crippen LogP contribution in [0.1, 0.15) is 40.0 Å². The fraction of sp³-hybridized carbons (Fsp3) is 0.357. The summed E-state index contributed by atoms with van der Waals surface area (Å²) in [4.78, 5) is 5.93. The summed E-state index contributed by atoms with van der Waals surface area (Å²) in [6.45, 7) is 0. The van der Waals surface area contributed by atoms with Gasteiger partial charge in [0.25, 0.3) is 0 Å². The maximum atomic E-state index is 13.0. The molecule has 0 radical (unpaired) electrons. The Kier molecular flexibility index (Phi) is 3.56. The molecule has 0 aliphatic heterocycles. The molecule has 1 aliphatic carbocycles. The lowest BCUT2D eigenvalue weighted by molar-refractivity contribution is 0.562. The van der Waals surface area contributed by atoms with E-state index in [9.17, 15) is 4.39 Å². The van der Waals surface area contributed by atoms with Crippen molar-refractivity contribution in [2.24, 2.45) is 5.73 Å². The predicted octanol–water partition coefficient (Wildman–Crippen LogP) is 3.86. The van der Waals surface area contributed by atoms with Crippen LogP contribution < -0.4 is 5.73 Å². The van der Waals surface area contributed by atoms with Gasteiger partial charge in [-0.25, -0.2) is 9.37 Å². The molecule has 0 amide bonds. The van der Waals surface area contributed by atoms with E-state index in [0.29, 0.717) is 11.4 Å². The molecular weight excluding hydrogens is 283 g/mol. The first-order chi connectivity index (χ1) is 9.13. The van der Waals surface area contributed by atoms with Crippen molar-refractivity contribution in [3.05, 3.63) is 50.2 Å². The first kappa shape index (κ1) is 13.0. The minimum absolute atomic E-state index is 0.0671. The van der Waals surface area contributed by atoms with E-state index in [-0.39, 0.29) is 11.9 Å². The highest BCUT2D eigenvalue weighted by atomic mass is 35.5. The third-order valence-corrected chi connectivity index (χ3v) is 4.88. The average Bonchev–Trinajstić information content (AvgIpc) is 2.77. The third-order valence-electron chi connectivity index (χ3n) is 3.40. The summed E-state index contributed by atoms with van der Waals surface area (Å²) in [5.41, 5.74) is 8.02. The largest absolute Gasteiger partial charge is 0.323 e. The van der Waals surface area contributed by atoms with Crippen molar-refractivity contribution >= 4 is 22.9 Å². The smallest absolute Gasteiger partial charge is 0.124 e. The highest BCUT2D eigenvalue weighted by Gasteiger charge is 2.21. The molecule has 2 aromatic rings. The van der Waals surface area contributed by atoms with Crippen LogP contribution in [0.4, 0.5) is 4.39 Å². The topological polar surface area (TPSA) is 38.9 Å². The van der Waals surface area contributed by atoms with Crippen LogP contribution in [0.3, 0.4) is 0 Å². The fourth-order valence-corrected chi connectivity index (χ4v) is 3.84. The van der Waals surface area contributed by atoms with Gasteiger partial charge in [0.05, 0.1) is 10.7 Å². The molecule has 0 saturated heterocycles. The Balaban J connectivity index is 1.87. The summed E-state index contributed by atoms with van der Waals surface area (Å²) in [6.07, 6.45) is 3.85. The van der Waals surface area contributed by atoms with Crippen molar-refractivity contribution < 1.29 is 4.39 Å². The van der Waals surface area contributed by atoms with Crippen LogP contribution in [0.25, 0.3) is 0 Å². The SMILES string of the molecule is NC1CCCc2sc(Cc3ccc(F)cc3Cl)nc21. The summed E-state index contributed by atoms with van der Waals surface area (Å²) < 4.78 is 13.0. The molecule has 1 atom stereocenters. The van der Waals surface area contributed by atoms with Crippen LogP contribution in [0.5, 0.6) is 0 Å². The molecule has 1 unspecified atom stereocenters. The van der Waals surface area contributed by atoms with Gasteiger partial charge in [-0.2, -0.15) is 0 Å². The summed E-state index contributed by atoms with van der Waals surface area (Å²) >= 11 is 7.75. The Morgan fingerprint density at radius 3 is 3.05 bits per heavy atom. The number of nitrogens with two attached hydrogens (primary N) is 1. The lowest BCUT2D eigenvalue weighted by Crippen LogP contribution is -2.16. The monoisotopic (exact) mass is 296 g/mol. The van der Waals surface area contributed by atoms with Crippen LogP contribution in [-0.4, -0.2) is 4.98 Å². The van der Waals surface area contributed by atoms with Crippen molar-refractivity contribution in [2.75, 3.05) is 0 Å². The Bertz CT molecular complexity index is 611. The van der Waals surface area contributed by atoms with Gasteiger partial charge in [0.1, 0.15) is 5.82 Å². The molecule has 0 spiro atoms. The van der Waals surface area contributed by atoms with Crippen LogP contribution in [0.2, 0.25) is 5.02 Å².